The third-order valence-corrected chi connectivity index (χ3v) is 13.7. The van der Waals surface area contributed by atoms with Gasteiger partial charge in [0, 0.05) is 32.6 Å². The third-order valence-electron chi connectivity index (χ3n) is 13.7. The van der Waals surface area contributed by atoms with Crippen LogP contribution >= 0.6 is 0 Å². The van der Waals surface area contributed by atoms with Gasteiger partial charge in [-0.1, -0.05) is 140 Å². The lowest BCUT2D eigenvalue weighted by Crippen LogP contribution is -2.33. The number of nitrogens with zero attached hydrogens (tertiary/aromatic N) is 2. The lowest BCUT2D eigenvalue weighted by Gasteiger charge is -2.40. The second kappa shape index (κ2) is 12.1. The van der Waals surface area contributed by atoms with Gasteiger partial charge in [0.1, 0.15) is 5.82 Å². The first-order valence-electron chi connectivity index (χ1n) is 21.0. The monoisotopic (exact) mass is 798 g/mol. The van der Waals surface area contributed by atoms with Crippen LogP contribution in [0.2, 0.25) is 0 Å². The predicted molar refractivity (Wildman–Crippen MR) is 249 cm³/mol. The average molecular weight is 799 g/mol. The number of rotatable bonds is 3. The fourth-order valence-corrected chi connectivity index (χ4v) is 11.3. The highest BCUT2D eigenvalue weighted by atomic mass is 19.1. The Morgan fingerprint density at radius 2 is 1.08 bits per heavy atom. The van der Waals surface area contributed by atoms with E-state index in [-0.39, 0.29) is 11.4 Å². The van der Waals surface area contributed by atoms with Gasteiger partial charge < -0.3 is 13.9 Å². The van der Waals surface area contributed by atoms with Crippen molar-refractivity contribution in [2.75, 3.05) is 4.90 Å². The molecule has 0 N–H and O–H groups in total. The SMILES string of the molecule is Fc1ccc(N(c2cc3c(c4ccccc24)-c2c(ccc4ccccc24)C32c3ccccc3-n3c4ccccc4c4cccc2c43)c2cccc3c2oc2c(F)cccc23)cc1. The van der Waals surface area contributed by atoms with Gasteiger partial charge in [-0.25, -0.2) is 8.78 Å². The van der Waals surface area contributed by atoms with Gasteiger partial charge in [0.2, 0.25) is 0 Å². The van der Waals surface area contributed by atoms with Gasteiger partial charge in [-0.2, -0.15) is 0 Å². The lowest BCUT2D eigenvalue weighted by molar-refractivity contribution is 0.584. The van der Waals surface area contributed by atoms with Crippen molar-refractivity contribution in [3.05, 3.63) is 228 Å². The summed E-state index contributed by atoms with van der Waals surface area (Å²) in [5.74, 6) is -0.754. The van der Waals surface area contributed by atoms with Crippen LogP contribution < -0.4 is 4.90 Å². The molecule has 2 aliphatic rings. The standard InChI is InChI=1S/C57H32F2N2O/c58-34-27-29-35(30-28-34)60(50-25-11-19-42-41-18-10-22-47(59)55(41)62-56(42)50)51-32-46-53(39-16-4-3-14-37(39)51)52-36-13-2-1-12-33(36)26-31-44(52)57(46)43-20-6-8-24-49(43)61-48-23-7-5-15-38(48)40-17-9-21-45(57)54(40)61/h1-32H. The van der Waals surface area contributed by atoms with E-state index < -0.39 is 11.2 Å². The van der Waals surface area contributed by atoms with Crippen LogP contribution in [0.15, 0.2) is 199 Å². The molecule has 1 aliphatic heterocycles. The molecule has 2 aromatic heterocycles. The molecule has 0 radical (unpaired) electrons. The average Bonchev–Trinajstić information content (AvgIpc) is 3.97. The minimum Gasteiger partial charge on any atom is -0.451 e. The maximum absolute atomic E-state index is 15.5. The van der Waals surface area contributed by atoms with Crippen molar-refractivity contribution in [3.8, 4) is 16.8 Å². The summed E-state index contributed by atoms with van der Waals surface area (Å²) < 4.78 is 39.4. The van der Waals surface area contributed by atoms with Crippen LogP contribution in [0.5, 0.6) is 0 Å². The Bertz CT molecular complexity index is 3920. The predicted octanol–water partition coefficient (Wildman–Crippen LogP) is 15.4. The molecule has 0 saturated heterocycles. The Morgan fingerprint density at radius 3 is 1.95 bits per heavy atom. The Kier molecular flexibility index (Phi) is 6.57. The second-order valence-electron chi connectivity index (χ2n) is 16.6. The van der Waals surface area contributed by atoms with E-state index in [0.717, 1.165) is 44.5 Å². The minimum absolute atomic E-state index is 0.205. The fraction of sp³-hybridized carbons (Fsp3) is 0.0175. The van der Waals surface area contributed by atoms with E-state index in [1.165, 1.54) is 78.6 Å². The maximum Gasteiger partial charge on any atom is 0.171 e. The highest BCUT2D eigenvalue weighted by molar-refractivity contribution is 6.19. The van der Waals surface area contributed by atoms with Crippen LogP contribution in [0.25, 0.3) is 82.1 Å². The van der Waals surface area contributed by atoms with Crippen molar-refractivity contribution < 1.29 is 13.2 Å². The topological polar surface area (TPSA) is 21.3 Å². The third kappa shape index (κ3) is 4.12. The molecule has 0 saturated carbocycles. The van der Waals surface area contributed by atoms with E-state index in [9.17, 15) is 4.39 Å². The van der Waals surface area contributed by atoms with Gasteiger partial charge >= 0.3 is 0 Å². The zero-order valence-electron chi connectivity index (χ0n) is 33.0. The van der Waals surface area contributed by atoms with Crippen molar-refractivity contribution >= 4 is 82.4 Å². The number of benzene rings is 10. The lowest BCUT2D eigenvalue weighted by atomic mass is 9.65. The summed E-state index contributed by atoms with van der Waals surface area (Å²) in [4.78, 5) is 2.17. The summed E-state index contributed by atoms with van der Waals surface area (Å²) in [6.07, 6.45) is 0. The van der Waals surface area contributed by atoms with E-state index in [1.807, 2.05) is 36.4 Å². The normalized spacial score (nSPS) is 15.0. The molecule has 14 rings (SSSR count). The zero-order chi connectivity index (χ0) is 40.8. The Hall–Kier alpha value is -8.02. The van der Waals surface area contributed by atoms with Gasteiger partial charge in [0.15, 0.2) is 17.0 Å². The number of hydrogen-bond donors (Lipinski definition) is 0. The van der Waals surface area contributed by atoms with Crippen LogP contribution in [0.3, 0.4) is 0 Å². The number of aromatic nitrogens is 1. The first-order valence-corrected chi connectivity index (χ1v) is 21.0. The van der Waals surface area contributed by atoms with Crippen molar-refractivity contribution in [3.63, 3.8) is 0 Å². The Balaban J connectivity index is 1.19. The number of hydrogen-bond acceptors (Lipinski definition) is 2. The molecule has 3 nitrogen and oxygen atoms in total. The van der Waals surface area contributed by atoms with Crippen LogP contribution in [-0.2, 0) is 5.41 Å². The first kappa shape index (κ1) is 33.8. The fourth-order valence-electron chi connectivity index (χ4n) is 11.3. The molecule has 10 aromatic carbocycles. The highest BCUT2D eigenvalue weighted by Gasteiger charge is 2.52. The molecule has 0 amide bonds. The number of furan rings is 1. The summed E-state index contributed by atoms with van der Waals surface area (Å²) in [6, 6.07) is 66.5. The van der Waals surface area contributed by atoms with Gasteiger partial charge in [-0.15, -0.1) is 0 Å². The molecular formula is C57H32F2N2O. The highest BCUT2D eigenvalue weighted by Crippen LogP contribution is 2.64. The van der Waals surface area contributed by atoms with E-state index >= 15 is 4.39 Å². The first-order chi connectivity index (χ1) is 30.6. The summed E-state index contributed by atoms with van der Waals surface area (Å²) in [6.45, 7) is 0. The Morgan fingerprint density at radius 1 is 0.435 bits per heavy atom. The smallest absolute Gasteiger partial charge is 0.171 e. The summed E-state index contributed by atoms with van der Waals surface area (Å²) in [7, 11) is 0. The van der Waals surface area contributed by atoms with Gasteiger partial charge in [-0.05, 0) is 104 Å². The van der Waals surface area contributed by atoms with Gasteiger partial charge in [0.25, 0.3) is 0 Å². The molecule has 5 heteroatoms. The van der Waals surface area contributed by atoms with Crippen LogP contribution in [0.4, 0.5) is 25.8 Å². The minimum atomic E-state index is -0.753. The number of anilines is 3. The number of para-hydroxylation sites is 5. The zero-order valence-corrected chi connectivity index (χ0v) is 33.0. The molecule has 3 heterocycles. The molecule has 1 aliphatic carbocycles. The van der Waals surface area contributed by atoms with Gasteiger partial charge in [0.05, 0.1) is 33.5 Å². The quantitative estimate of drug-likeness (QED) is 0.178. The van der Waals surface area contributed by atoms with Crippen molar-refractivity contribution in [1.82, 2.24) is 4.57 Å². The summed E-state index contributed by atoms with van der Waals surface area (Å²) in [5.41, 5.74) is 13.1. The van der Waals surface area contributed by atoms with Crippen molar-refractivity contribution in [2.45, 2.75) is 5.41 Å². The Labute approximate surface area is 353 Å². The summed E-state index contributed by atoms with van der Waals surface area (Å²) in [5, 5.41) is 8.40. The molecule has 0 bridgehead atoms. The largest absolute Gasteiger partial charge is 0.451 e. The molecule has 62 heavy (non-hydrogen) atoms. The molecule has 0 fully saturated rings. The molecule has 12 aromatic rings. The number of halogens is 2. The molecular weight excluding hydrogens is 767 g/mol. The van der Waals surface area contributed by atoms with Gasteiger partial charge in [-0.3, -0.25) is 0 Å². The van der Waals surface area contributed by atoms with E-state index in [1.54, 1.807) is 6.07 Å². The van der Waals surface area contributed by atoms with E-state index in [4.69, 9.17) is 4.42 Å². The van der Waals surface area contributed by atoms with Crippen molar-refractivity contribution in [2.24, 2.45) is 0 Å². The summed E-state index contributed by atoms with van der Waals surface area (Å²) >= 11 is 0. The molecule has 1 unspecified atom stereocenters. The molecule has 1 atom stereocenters. The van der Waals surface area contributed by atoms with E-state index in [2.05, 4.69) is 143 Å². The van der Waals surface area contributed by atoms with Crippen LogP contribution in [-0.4, -0.2) is 4.57 Å². The van der Waals surface area contributed by atoms with Crippen LogP contribution in [0, 0.1) is 11.6 Å². The molecule has 290 valence electrons. The maximum atomic E-state index is 15.5. The van der Waals surface area contributed by atoms with Crippen molar-refractivity contribution in [1.29, 1.82) is 0 Å². The van der Waals surface area contributed by atoms with Crippen LogP contribution in [0.1, 0.15) is 22.3 Å². The number of fused-ring (bicyclic) bond motifs is 19. The van der Waals surface area contributed by atoms with E-state index in [0.29, 0.717) is 11.0 Å². The second-order valence-corrected chi connectivity index (χ2v) is 16.6. The molecule has 1 spiro atoms.